The number of nitrogens with one attached hydrogen (secondary N) is 1. The molecule has 0 saturated carbocycles. The van der Waals surface area contributed by atoms with Gasteiger partial charge in [-0.05, 0) is 49.9 Å². The lowest BCUT2D eigenvalue weighted by Crippen LogP contribution is -2.32. The van der Waals surface area contributed by atoms with Crippen LogP contribution in [0.4, 0.5) is 0 Å². The molecule has 2 aliphatic rings. The number of carbonyl (C=O) groups is 1. The van der Waals surface area contributed by atoms with Gasteiger partial charge in [-0.25, -0.2) is 0 Å². The van der Waals surface area contributed by atoms with Crippen LogP contribution in [0.2, 0.25) is 0 Å². The Morgan fingerprint density at radius 1 is 1.09 bits per heavy atom. The molecule has 22 heavy (non-hydrogen) atoms. The van der Waals surface area contributed by atoms with E-state index in [1.54, 1.807) is 6.20 Å². The number of hydrogen-bond donors (Lipinski definition) is 1. The smallest absolute Gasteiger partial charge is 0.254 e. The minimum absolute atomic E-state index is 0.159. The van der Waals surface area contributed by atoms with Crippen molar-refractivity contribution in [3.63, 3.8) is 0 Å². The maximum absolute atomic E-state index is 13.0. The zero-order valence-corrected chi connectivity index (χ0v) is 12.7. The van der Waals surface area contributed by atoms with E-state index < -0.39 is 0 Å². The number of aromatic nitrogens is 1. The van der Waals surface area contributed by atoms with E-state index in [-0.39, 0.29) is 5.91 Å². The first-order valence-electron chi connectivity index (χ1n) is 8.16. The zero-order valence-electron chi connectivity index (χ0n) is 12.7. The highest BCUT2D eigenvalue weighted by atomic mass is 16.2. The van der Waals surface area contributed by atoms with Crippen molar-refractivity contribution in [2.45, 2.75) is 12.8 Å². The van der Waals surface area contributed by atoms with Crippen LogP contribution in [0.1, 0.15) is 23.2 Å². The van der Waals surface area contributed by atoms with Gasteiger partial charge in [0.2, 0.25) is 0 Å². The van der Waals surface area contributed by atoms with Crippen LogP contribution in [0.3, 0.4) is 0 Å². The van der Waals surface area contributed by atoms with Crippen molar-refractivity contribution in [2.24, 2.45) is 11.8 Å². The first kappa shape index (κ1) is 13.7. The summed E-state index contributed by atoms with van der Waals surface area (Å²) in [4.78, 5) is 19.4. The molecule has 1 amide bonds. The largest absolute Gasteiger partial charge is 0.339 e. The summed E-state index contributed by atoms with van der Waals surface area (Å²) < 4.78 is 0. The van der Waals surface area contributed by atoms with Gasteiger partial charge >= 0.3 is 0 Å². The summed E-state index contributed by atoms with van der Waals surface area (Å²) in [6.45, 7) is 3.98. The number of rotatable bonds is 1. The SMILES string of the molecule is O=C(c1ccnc2ccccc12)N1CC[C@@H]2CNC[C@@H]2CC1. The second-order valence-electron chi connectivity index (χ2n) is 6.42. The fourth-order valence-electron chi connectivity index (χ4n) is 3.87. The van der Waals surface area contributed by atoms with Crippen molar-refractivity contribution < 1.29 is 4.79 Å². The van der Waals surface area contributed by atoms with Crippen LogP contribution in [0.5, 0.6) is 0 Å². The first-order valence-corrected chi connectivity index (χ1v) is 8.16. The molecule has 2 saturated heterocycles. The number of likely N-dealkylation sites (tertiary alicyclic amines) is 1. The Kier molecular flexibility index (Phi) is 3.54. The van der Waals surface area contributed by atoms with Gasteiger partial charge in [0.1, 0.15) is 0 Å². The number of benzene rings is 1. The van der Waals surface area contributed by atoms with Crippen LogP contribution in [0.25, 0.3) is 10.9 Å². The summed E-state index contributed by atoms with van der Waals surface area (Å²) >= 11 is 0. The average Bonchev–Trinajstić information content (AvgIpc) is 2.92. The molecule has 4 heteroatoms. The number of nitrogens with zero attached hydrogens (tertiary/aromatic N) is 2. The Balaban J connectivity index is 1.60. The van der Waals surface area contributed by atoms with E-state index in [4.69, 9.17) is 0 Å². The van der Waals surface area contributed by atoms with Crippen LogP contribution in [0.15, 0.2) is 36.5 Å². The number of amides is 1. The minimum Gasteiger partial charge on any atom is -0.339 e. The number of para-hydroxylation sites is 1. The molecule has 1 aromatic carbocycles. The molecule has 2 fully saturated rings. The van der Waals surface area contributed by atoms with Crippen molar-refractivity contribution in [3.05, 3.63) is 42.1 Å². The van der Waals surface area contributed by atoms with Crippen molar-refractivity contribution in [2.75, 3.05) is 26.2 Å². The molecule has 0 aliphatic carbocycles. The molecule has 0 bridgehead atoms. The monoisotopic (exact) mass is 295 g/mol. The molecule has 4 rings (SSSR count). The standard InChI is InChI=1S/C18H21N3O/c22-18(16-5-8-20-17-4-2-1-3-15(16)17)21-9-6-13-11-19-12-14(13)7-10-21/h1-5,8,13-14,19H,6-7,9-12H2/t13-,14+. The summed E-state index contributed by atoms with van der Waals surface area (Å²) in [6.07, 6.45) is 3.98. The van der Waals surface area contributed by atoms with E-state index in [9.17, 15) is 4.79 Å². The lowest BCUT2D eigenvalue weighted by atomic mass is 9.92. The van der Waals surface area contributed by atoms with Gasteiger partial charge < -0.3 is 10.2 Å². The van der Waals surface area contributed by atoms with E-state index in [2.05, 4.69) is 10.3 Å². The Labute approximate surface area is 130 Å². The van der Waals surface area contributed by atoms with Crippen molar-refractivity contribution >= 4 is 16.8 Å². The van der Waals surface area contributed by atoms with E-state index in [0.717, 1.165) is 67.3 Å². The van der Waals surface area contributed by atoms with Gasteiger partial charge in [0.05, 0.1) is 11.1 Å². The average molecular weight is 295 g/mol. The highest BCUT2D eigenvalue weighted by Crippen LogP contribution is 2.28. The van der Waals surface area contributed by atoms with Gasteiger partial charge in [0.15, 0.2) is 0 Å². The molecule has 1 aromatic heterocycles. The quantitative estimate of drug-likeness (QED) is 0.878. The van der Waals surface area contributed by atoms with Gasteiger partial charge in [0.25, 0.3) is 5.91 Å². The third-order valence-corrected chi connectivity index (χ3v) is 5.19. The lowest BCUT2D eigenvalue weighted by Gasteiger charge is -2.21. The highest BCUT2D eigenvalue weighted by Gasteiger charge is 2.31. The fraction of sp³-hybridized carbons (Fsp3) is 0.444. The third-order valence-electron chi connectivity index (χ3n) is 5.19. The van der Waals surface area contributed by atoms with E-state index in [1.807, 2.05) is 35.2 Å². The summed E-state index contributed by atoms with van der Waals surface area (Å²) in [5, 5.41) is 4.44. The van der Waals surface area contributed by atoms with E-state index in [0.29, 0.717) is 0 Å². The van der Waals surface area contributed by atoms with Gasteiger partial charge in [0, 0.05) is 24.7 Å². The lowest BCUT2D eigenvalue weighted by molar-refractivity contribution is 0.0760. The third kappa shape index (κ3) is 2.37. The molecule has 2 aromatic rings. The molecule has 114 valence electrons. The Bertz CT molecular complexity index is 680. The minimum atomic E-state index is 0.159. The Morgan fingerprint density at radius 2 is 1.82 bits per heavy atom. The van der Waals surface area contributed by atoms with E-state index >= 15 is 0 Å². The van der Waals surface area contributed by atoms with Gasteiger partial charge in [-0.1, -0.05) is 18.2 Å². The summed E-state index contributed by atoms with van der Waals surface area (Å²) in [7, 11) is 0. The van der Waals surface area contributed by atoms with Crippen LogP contribution in [-0.4, -0.2) is 42.0 Å². The molecular formula is C18H21N3O. The van der Waals surface area contributed by atoms with Gasteiger partial charge in [-0.3, -0.25) is 9.78 Å². The van der Waals surface area contributed by atoms with Crippen molar-refractivity contribution in [3.8, 4) is 0 Å². The first-order chi connectivity index (χ1) is 10.8. The molecule has 0 unspecified atom stereocenters. The summed E-state index contributed by atoms with van der Waals surface area (Å²) in [5.41, 5.74) is 1.68. The molecule has 4 nitrogen and oxygen atoms in total. The second-order valence-corrected chi connectivity index (χ2v) is 6.42. The highest BCUT2D eigenvalue weighted by molar-refractivity contribution is 6.05. The molecule has 0 spiro atoms. The number of carbonyl (C=O) groups excluding carboxylic acids is 1. The molecule has 3 heterocycles. The zero-order chi connectivity index (χ0) is 14.9. The van der Waals surface area contributed by atoms with Gasteiger partial charge in [-0.15, -0.1) is 0 Å². The number of pyridine rings is 1. The number of fused-ring (bicyclic) bond motifs is 2. The maximum Gasteiger partial charge on any atom is 0.254 e. The topological polar surface area (TPSA) is 45.2 Å². The predicted octanol–water partition coefficient (Wildman–Crippen LogP) is 2.31. The molecule has 2 aliphatic heterocycles. The van der Waals surface area contributed by atoms with Crippen LogP contribution in [-0.2, 0) is 0 Å². The van der Waals surface area contributed by atoms with Crippen LogP contribution >= 0.6 is 0 Å². The van der Waals surface area contributed by atoms with Crippen molar-refractivity contribution in [1.82, 2.24) is 15.2 Å². The number of hydrogen-bond acceptors (Lipinski definition) is 3. The van der Waals surface area contributed by atoms with E-state index in [1.165, 1.54) is 0 Å². The second kappa shape index (κ2) is 5.69. The summed E-state index contributed by atoms with van der Waals surface area (Å²) in [5.74, 6) is 1.64. The van der Waals surface area contributed by atoms with Crippen LogP contribution in [0, 0.1) is 11.8 Å². The maximum atomic E-state index is 13.0. The Hall–Kier alpha value is -1.94. The normalized spacial score (nSPS) is 25.0. The Morgan fingerprint density at radius 3 is 2.59 bits per heavy atom. The predicted molar refractivity (Wildman–Crippen MR) is 86.7 cm³/mol. The molecular weight excluding hydrogens is 274 g/mol. The fourth-order valence-corrected chi connectivity index (χ4v) is 3.87. The molecule has 1 N–H and O–H groups in total. The molecule has 2 atom stereocenters. The molecule has 0 radical (unpaired) electrons. The van der Waals surface area contributed by atoms with Crippen molar-refractivity contribution in [1.29, 1.82) is 0 Å². The van der Waals surface area contributed by atoms with Gasteiger partial charge in [-0.2, -0.15) is 0 Å². The summed E-state index contributed by atoms with van der Waals surface area (Å²) in [6, 6.07) is 9.75. The van der Waals surface area contributed by atoms with Crippen LogP contribution < -0.4 is 5.32 Å².